The minimum Gasteiger partial charge on any atom is -0.491 e. The fourth-order valence-corrected chi connectivity index (χ4v) is 2.82. The Labute approximate surface area is 194 Å². The van der Waals surface area contributed by atoms with E-state index in [2.05, 4.69) is 30.0 Å². The topological polar surface area (TPSA) is 88.7 Å². The van der Waals surface area contributed by atoms with Crippen LogP contribution in [-0.2, 0) is 4.79 Å². The zero-order valence-corrected chi connectivity index (χ0v) is 19.8. The highest BCUT2D eigenvalue weighted by Gasteiger charge is 2.11. The molecule has 7 nitrogen and oxygen atoms in total. The third kappa shape index (κ3) is 8.19. The van der Waals surface area contributed by atoms with E-state index in [-0.39, 0.29) is 17.8 Å². The van der Waals surface area contributed by atoms with Crippen molar-refractivity contribution < 1.29 is 19.1 Å². The van der Waals surface area contributed by atoms with Crippen LogP contribution in [0.25, 0.3) is 0 Å². The van der Waals surface area contributed by atoms with Gasteiger partial charge in [0.05, 0.1) is 6.10 Å². The minimum absolute atomic E-state index is 0.0329. The third-order valence-electron chi connectivity index (χ3n) is 4.98. The van der Waals surface area contributed by atoms with Crippen LogP contribution in [0.5, 0.6) is 11.5 Å². The largest absolute Gasteiger partial charge is 0.491 e. The molecular formula is C24H31N3O4S. The molecule has 2 aromatic rings. The maximum absolute atomic E-state index is 12.4. The van der Waals surface area contributed by atoms with Crippen LogP contribution in [0, 0.1) is 0 Å². The van der Waals surface area contributed by atoms with Gasteiger partial charge in [-0.05, 0) is 73.8 Å². The number of carbonyl (C=O) groups excluding carboxylic acids is 2. The molecule has 2 unspecified atom stereocenters. The summed E-state index contributed by atoms with van der Waals surface area (Å²) in [6, 6.07) is 14.5. The first kappa shape index (κ1) is 25.1. The Morgan fingerprint density at radius 1 is 0.969 bits per heavy atom. The molecule has 2 amide bonds. The first-order valence-corrected chi connectivity index (χ1v) is 11.1. The van der Waals surface area contributed by atoms with Gasteiger partial charge in [-0.15, -0.1) is 0 Å². The number of nitrogens with one attached hydrogen (secondary N) is 3. The Hall–Kier alpha value is -3.13. The number of carbonyl (C=O) groups is 2. The van der Waals surface area contributed by atoms with Crippen LogP contribution in [0.4, 0.5) is 0 Å². The average Bonchev–Trinajstić information content (AvgIpc) is 2.81. The van der Waals surface area contributed by atoms with Gasteiger partial charge < -0.3 is 9.47 Å². The molecule has 0 bridgehead atoms. The lowest BCUT2D eigenvalue weighted by Gasteiger charge is -2.14. The Kier molecular flexibility index (Phi) is 9.94. The van der Waals surface area contributed by atoms with Crippen molar-refractivity contribution in [1.29, 1.82) is 0 Å². The van der Waals surface area contributed by atoms with Gasteiger partial charge in [0.2, 0.25) is 0 Å². The van der Waals surface area contributed by atoms with Crippen molar-refractivity contribution >= 4 is 29.1 Å². The molecule has 8 heteroatoms. The lowest BCUT2D eigenvalue weighted by atomic mass is 9.99. The summed E-state index contributed by atoms with van der Waals surface area (Å²) >= 11 is 5.07. The van der Waals surface area contributed by atoms with E-state index in [1.807, 2.05) is 38.1 Å². The second-order valence-corrected chi connectivity index (χ2v) is 7.90. The molecule has 0 fully saturated rings. The highest BCUT2D eigenvalue weighted by atomic mass is 32.1. The molecule has 0 aliphatic carbocycles. The van der Waals surface area contributed by atoms with E-state index >= 15 is 0 Å². The van der Waals surface area contributed by atoms with Gasteiger partial charge in [-0.2, -0.15) is 0 Å². The summed E-state index contributed by atoms with van der Waals surface area (Å²) < 4.78 is 11.2. The molecule has 0 aliphatic rings. The van der Waals surface area contributed by atoms with Crippen molar-refractivity contribution in [2.24, 2.45) is 0 Å². The molecule has 2 atom stereocenters. The van der Waals surface area contributed by atoms with Crippen LogP contribution in [-0.4, -0.2) is 29.6 Å². The summed E-state index contributed by atoms with van der Waals surface area (Å²) in [6.45, 7) is 8.09. The average molecular weight is 458 g/mol. The number of thiocarbonyl (C=S) groups is 1. The molecule has 0 saturated heterocycles. The highest BCUT2D eigenvalue weighted by Crippen LogP contribution is 2.21. The Morgan fingerprint density at radius 3 is 2.34 bits per heavy atom. The summed E-state index contributed by atoms with van der Waals surface area (Å²) in [5.74, 6) is 0.833. The number of hydrogen-bond acceptors (Lipinski definition) is 5. The summed E-state index contributed by atoms with van der Waals surface area (Å²) in [7, 11) is 0. The molecule has 32 heavy (non-hydrogen) atoms. The number of benzene rings is 2. The van der Waals surface area contributed by atoms with Crippen molar-refractivity contribution in [2.45, 2.75) is 52.6 Å². The van der Waals surface area contributed by atoms with Crippen LogP contribution < -0.4 is 25.6 Å². The van der Waals surface area contributed by atoms with Gasteiger partial charge in [-0.25, -0.2) is 0 Å². The summed E-state index contributed by atoms with van der Waals surface area (Å²) in [5, 5.41) is 2.48. The van der Waals surface area contributed by atoms with Crippen molar-refractivity contribution in [3.63, 3.8) is 0 Å². The Morgan fingerprint density at radius 2 is 1.69 bits per heavy atom. The van der Waals surface area contributed by atoms with Crippen molar-refractivity contribution in [3.8, 4) is 11.5 Å². The van der Waals surface area contributed by atoms with E-state index < -0.39 is 11.8 Å². The normalized spacial score (nSPS) is 12.2. The van der Waals surface area contributed by atoms with E-state index in [1.54, 1.807) is 24.3 Å². The molecule has 0 heterocycles. The van der Waals surface area contributed by atoms with Crippen LogP contribution >= 0.6 is 12.2 Å². The van der Waals surface area contributed by atoms with E-state index in [4.69, 9.17) is 21.7 Å². The lowest BCUT2D eigenvalue weighted by molar-refractivity contribution is -0.123. The molecule has 0 spiro atoms. The minimum atomic E-state index is -0.434. The predicted octanol–water partition coefficient (Wildman–Crippen LogP) is 4.09. The Bertz CT molecular complexity index is 918. The molecule has 0 saturated carbocycles. The number of amides is 2. The van der Waals surface area contributed by atoms with Crippen molar-refractivity contribution in [2.75, 3.05) is 6.61 Å². The van der Waals surface area contributed by atoms with E-state index in [0.29, 0.717) is 23.0 Å². The first-order valence-electron chi connectivity index (χ1n) is 10.7. The molecular weight excluding hydrogens is 426 g/mol. The lowest BCUT2D eigenvalue weighted by Crippen LogP contribution is -2.49. The second kappa shape index (κ2) is 12.7. The zero-order chi connectivity index (χ0) is 23.5. The van der Waals surface area contributed by atoms with Crippen LogP contribution in [0.1, 0.15) is 62.4 Å². The number of hydrogen-bond donors (Lipinski definition) is 3. The quantitative estimate of drug-likeness (QED) is 0.388. The zero-order valence-electron chi connectivity index (χ0n) is 18.9. The van der Waals surface area contributed by atoms with Gasteiger partial charge >= 0.3 is 0 Å². The molecule has 0 aromatic heterocycles. The number of ether oxygens (including phenoxy) is 2. The summed E-state index contributed by atoms with van der Waals surface area (Å²) in [5.41, 5.74) is 6.51. The van der Waals surface area contributed by atoms with Gasteiger partial charge in [-0.1, -0.05) is 39.0 Å². The fraction of sp³-hybridized carbons (Fsp3) is 0.375. The van der Waals surface area contributed by atoms with Crippen LogP contribution in [0.15, 0.2) is 48.5 Å². The highest BCUT2D eigenvalue weighted by molar-refractivity contribution is 7.80. The summed E-state index contributed by atoms with van der Waals surface area (Å²) in [4.78, 5) is 24.4. The SMILES string of the molecule is CCC(C)Oc1cccc(C(=O)NC(=S)NNC(=O)COc2ccc(C(C)CC)cc2)c1. The molecule has 2 aromatic carbocycles. The van der Waals surface area contributed by atoms with Crippen LogP contribution in [0.3, 0.4) is 0 Å². The monoisotopic (exact) mass is 457 g/mol. The van der Waals surface area contributed by atoms with Gasteiger partial charge in [0.15, 0.2) is 11.7 Å². The summed E-state index contributed by atoms with van der Waals surface area (Å²) in [6.07, 6.45) is 1.96. The smallest absolute Gasteiger partial charge is 0.276 e. The van der Waals surface area contributed by atoms with Crippen molar-refractivity contribution in [1.82, 2.24) is 16.2 Å². The number of rotatable bonds is 9. The van der Waals surface area contributed by atoms with E-state index in [0.717, 1.165) is 12.8 Å². The van der Waals surface area contributed by atoms with Gasteiger partial charge in [0.1, 0.15) is 11.5 Å². The molecule has 0 radical (unpaired) electrons. The van der Waals surface area contributed by atoms with Gasteiger partial charge in [-0.3, -0.25) is 25.8 Å². The van der Waals surface area contributed by atoms with E-state index in [9.17, 15) is 9.59 Å². The first-order chi connectivity index (χ1) is 15.3. The Balaban J connectivity index is 1.76. The maximum atomic E-state index is 12.4. The van der Waals surface area contributed by atoms with E-state index in [1.165, 1.54) is 5.56 Å². The van der Waals surface area contributed by atoms with Crippen LogP contribution in [0.2, 0.25) is 0 Å². The molecule has 3 N–H and O–H groups in total. The standard InChI is InChI=1S/C24H31N3O4S/c1-5-16(3)18-10-12-20(13-11-18)30-15-22(28)26-27-24(32)25-23(29)19-8-7-9-21(14-19)31-17(4)6-2/h7-14,16-17H,5-6,15H2,1-4H3,(H,26,28)(H2,25,27,29,32). The second-order valence-electron chi connectivity index (χ2n) is 7.49. The maximum Gasteiger partial charge on any atom is 0.276 e. The molecule has 0 aliphatic heterocycles. The number of hydrazine groups is 1. The predicted molar refractivity (Wildman–Crippen MR) is 129 cm³/mol. The fourth-order valence-electron chi connectivity index (χ4n) is 2.67. The van der Waals surface area contributed by atoms with Gasteiger partial charge in [0, 0.05) is 5.56 Å². The molecule has 172 valence electrons. The van der Waals surface area contributed by atoms with Crippen molar-refractivity contribution in [3.05, 3.63) is 59.7 Å². The van der Waals surface area contributed by atoms with Gasteiger partial charge in [0.25, 0.3) is 11.8 Å². The third-order valence-corrected chi connectivity index (χ3v) is 5.19. The molecule has 2 rings (SSSR count).